The summed E-state index contributed by atoms with van der Waals surface area (Å²) in [5.41, 5.74) is 7.74. The number of nitrogens with two attached hydrogens (primary N) is 1. The van der Waals surface area contributed by atoms with E-state index < -0.39 is 0 Å². The predicted molar refractivity (Wildman–Crippen MR) is 75.2 cm³/mol. The minimum absolute atomic E-state index is 0. The van der Waals surface area contributed by atoms with Crippen LogP contribution in [0.4, 0.5) is 0 Å². The lowest BCUT2D eigenvalue weighted by Gasteiger charge is -2.36. The van der Waals surface area contributed by atoms with E-state index in [4.69, 9.17) is 5.73 Å². The van der Waals surface area contributed by atoms with Crippen LogP contribution in [0.5, 0.6) is 0 Å². The van der Waals surface area contributed by atoms with Crippen molar-refractivity contribution >= 4 is 28.3 Å². The molecule has 0 aliphatic heterocycles. The van der Waals surface area contributed by atoms with Crippen molar-refractivity contribution in [3.63, 3.8) is 0 Å². The molecule has 0 radical (unpaired) electrons. The first kappa shape index (κ1) is 14.0. The van der Waals surface area contributed by atoms with Gasteiger partial charge >= 0.3 is 0 Å². The highest BCUT2D eigenvalue weighted by Crippen LogP contribution is 2.39. The van der Waals surface area contributed by atoms with Crippen LogP contribution in [0.1, 0.15) is 38.2 Å². The van der Waals surface area contributed by atoms with Gasteiger partial charge in [0.2, 0.25) is 0 Å². The fourth-order valence-corrected chi connectivity index (χ4v) is 2.83. The molecule has 1 aliphatic carbocycles. The van der Waals surface area contributed by atoms with Gasteiger partial charge < -0.3 is 5.73 Å². The van der Waals surface area contributed by atoms with E-state index in [2.05, 4.69) is 47.1 Å². The van der Waals surface area contributed by atoms with Crippen molar-refractivity contribution < 1.29 is 0 Å². The first-order valence-corrected chi connectivity index (χ1v) is 6.41. The first-order chi connectivity index (χ1) is 7.10. The van der Waals surface area contributed by atoms with E-state index in [9.17, 15) is 0 Å². The Morgan fingerprint density at radius 3 is 2.50 bits per heavy atom. The zero-order valence-corrected chi connectivity index (χ0v) is 12.0. The summed E-state index contributed by atoms with van der Waals surface area (Å²) in [4.78, 5) is 0. The zero-order chi connectivity index (χ0) is 10.9. The van der Waals surface area contributed by atoms with Gasteiger partial charge in [-0.05, 0) is 48.8 Å². The largest absolute Gasteiger partial charge is 0.328 e. The fourth-order valence-electron chi connectivity index (χ4n) is 2.43. The van der Waals surface area contributed by atoms with Crippen molar-refractivity contribution in [3.8, 4) is 0 Å². The van der Waals surface area contributed by atoms with E-state index in [0.717, 1.165) is 12.8 Å². The minimum atomic E-state index is 0. The van der Waals surface area contributed by atoms with Crippen LogP contribution >= 0.6 is 28.3 Å². The average Bonchev–Trinajstić information content (AvgIpc) is 2.23. The van der Waals surface area contributed by atoms with Crippen LogP contribution in [0.15, 0.2) is 28.7 Å². The molecule has 1 aliphatic rings. The van der Waals surface area contributed by atoms with E-state index in [1.54, 1.807) is 0 Å². The molecule has 1 aromatic carbocycles. The maximum atomic E-state index is 5.95. The summed E-state index contributed by atoms with van der Waals surface area (Å²) in [7, 11) is 0. The normalized spacial score (nSPS) is 29.6. The molecule has 1 aromatic rings. The highest BCUT2D eigenvalue weighted by atomic mass is 79.9. The molecule has 0 unspecified atom stereocenters. The molecule has 0 atom stereocenters. The lowest BCUT2D eigenvalue weighted by molar-refractivity contribution is 0.292. The molecule has 0 spiro atoms. The van der Waals surface area contributed by atoms with E-state index in [-0.39, 0.29) is 12.4 Å². The van der Waals surface area contributed by atoms with Gasteiger partial charge in [-0.25, -0.2) is 0 Å². The van der Waals surface area contributed by atoms with Crippen LogP contribution < -0.4 is 5.73 Å². The number of rotatable bonds is 1. The molecule has 1 fully saturated rings. The highest BCUT2D eigenvalue weighted by Gasteiger charge is 2.31. The molecule has 3 heteroatoms. The van der Waals surface area contributed by atoms with Gasteiger partial charge in [-0.2, -0.15) is 0 Å². The molecular formula is C13H19BrClN. The van der Waals surface area contributed by atoms with Gasteiger partial charge in [-0.1, -0.05) is 35.0 Å². The smallest absolute Gasteiger partial charge is 0.0178 e. The van der Waals surface area contributed by atoms with Gasteiger partial charge in [-0.15, -0.1) is 12.4 Å². The van der Waals surface area contributed by atoms with Crippen LogP contribution in [0, 0.1) is 0 Å². The minimum Gasteiger partial charge on any atom is -0.328 e. The third kappa shape index (κ3) is 2.99. The van der Waals surface area contributed by atoms with Gasteiger partial charge in [0.05, 0.1) is 0 Å². The first-order valence-electron chi connectivity index (χ1n) is 5.62. The molecule has 0 bridgehead atoms. The number of halogens is 2. The monoisotopic (exact) mass is 303 g/mol. The lowest BCUT2D eigenvalue weighted by Crippen LogP contribution is -2.34. The molecule has 2 rings (SSSR count). The third-order valence-electron chi connectivity index (χ3n) is 3.66. The molecule has 2 N–H and O–H groups in total. The van der Waals surface area contributed by atoms with Crippen molar-refractivity contribution in [2.75, 3.05) is 0 Å². The van der Waals surface area contributed by atoms with Gasteiger partial charge in [-0.3, -0.25) is 0 Å². The number of benzene rings is 1. The lowest BCUT2D eigenvalue weighted by atomic mass is 9.70. The molecule has 90 valence electrons. The summed E-state index contributed by atoms with van der Waals surface area (Å²) >= 11 is 3.54. The predicted octanol–water partition coefficient (Wildman–Crippen LogP) is 4.03. The summed E-state index contributed by atoms with van der Waals surface area (Å²) in [6, 6.07) is 9.12. The van der Waals surface area contributed by atoms with Crippen molar-refractivity contribution in [2.45, 2.75) is 44.1 Å². The molecule has 0 saturated heterocycles. The maximum Gasteiger partial charge on any atom is 0.0178 e. The Kier molecular flexibility index (Phi) is 4.84. The fraction of sp³-hybridized carbons (Fsp3) is 0.538. The van der Waals surface area contributed by atoms with Crippen LogP contribution in [-0.4, -0.2) is 6.04 Å². The molecule has 0 aromatic heterocycles. The number of hydrogen-bond acceptors (Lipinski definition) is 1. The van der Waals surface area contributed by atoms with E-state index >= 15 is 0 Å². The summed E-state index contributed by atoms with van der Waals surface area (Å²) in [5.74, 6) is 0. The number of hydrogen-bond donors (Lipinski definition) is 1. The quantitative estimate of drug-likeness (QED) is 0.833. The summed E-state index contributed by atoms with van der Waals surface area (Å²) in [6.07, 6.45) is 4.74. The topological polar surface area (TPSA) is 26.0 Å². The van der Waals surface area contributed by atoms with Crippen molar-refractivity contribution in [3.05, 3.63) is 34.3 Å². The third-order valence-corrected chi connectivity index (χ3v) is 4.15. The Balaban J connectivity index is 0.00000128. The van der Waals surface area contributed by atoms with Gasteiger partial charge in [0.25, 0.3) is 0 Å². The summed E-state index contributed by atoms with van der Waals surface area (Å²) in [6.45, 7) is 2.36. The van der Waals surface area contributed by atoms with Crippen molar-refractivity contribution in [1.29, 1.82) is 0 Å². The van der Waals surface area contributed by atoms with Crippen LogP contribution in [-0.2, 0) is 5.41 Å². The molecule has 0 heterocycles. The highest BCUT2D eigenvalue weighted by molar-refractivity contribution is 9.10. The molecule has 16 heavy (non-hydrogen) atoms. The Morgan fingerprint density at radius 1 is 1.31 bits per heavy atom. The second-order valence-electron chi connectivity index (χ2n) is 4.91. The molecule has 0 amide bonds. The van der Waals surface area contributed by atoms with Gasteiger partial charge in [0, 0.05) is 10.5 Å². The maximum absolute atomic E-state index is 5.95. The molecule has 1 saturated carbocycles. The second-order valence-corrected chi connectivity index (χ2v) is 5.82. The van der Waals surface area contributed by atoms with E-state index in [1.165, 1.54) is 22.9 Å². The van der Waals surface area contributed by atoms with E-state index in [1.807, 2.05) is 0 Å². The van der Waals surface area contributed by atoms with E-state index in [0.29, 0.717) is 11.5 Å². The van der Waals surface area contributed by atoms with Crippen molar-refractivity contribution in [2.24, 2.45) is 5.73 Å². The Labute approximate surface area is 112 Å². The van der Waals surface area contributed by atoms with Gasteiger partial charge in [0.15, 0.2) is 0 Å². The summed E-state index contributed by atoms with van der Waals surface area (Å²) < 4.78 is 1.18. The molecular weight excluding hydrogens is 286 g/mol. The average molecular weight is 305 g/mol. The van der Waals surface area contributed by atoms with Crippen LogP contribution in [0.2, 0.25) is 0 Å². The van der Waals surface area contributed by atoms with Crippen molar-refractivity contribution in [1.82, 2.24) is 0 Å². The van der Waals surface area contributed by atoms with Crippen LogP contribution in [0.3, 0.4) is 0 Å². The SMILES string of the molecule is CC1(c2cccc(Br)c2)CCC(N)CC1.Cl. The zero-order valence-electron chi connectivity index (χ0n) is 9.58. The Hall–Kier alpha value is -0.0500. The Morgan fingerprint density at radius 2 is 1.94 bits per heavy atom. The molecule has 1 nitrogen and oxygen atoms in total. The Bertz CT molecular complexity index is 346. The van der Waals surface area contributed by atoms with Gasteiger partial charge in [0.1, 0.15) is 0 Å². The second kappa shape index (κ2) is 5.52. The standard InChI is InChI=1S/C13H18BrN.ClH/c1-13(7-5-12(15)6-8-13)10-3-2-4-11(14)9-10;/h2-4,9,12H,5-8,15H2,1H3;1H. The van der Waals surface area contributed by atoms with Crippen LogP contribution in [0.25, 0.3) is 0 Å². The summed E-state index contributed by atoms with van der Waals surface area (Å²) in [5, 5.41) is 0.